The van der Waals surface area contributed by atoms with Crippen LogP contribution in [0.4, 0.5) is 9.18 Å². The third kappa shape index (κ3) is 4.88. The van der Waals surface area contributed by atoms with Gasteiger partial charge in [0.1, 0.15) is 5.82 Å². The third-order valence-corrected chi connectivity index (χ3v) is 6.70. The Kier molecular flexibility index (Phi) is 6.31. The van der Waals surface area contributed by atoms with E-state index in [0.29, 0.717) is 26.1 Å². The SMILES string of the molecule is Cc1ccc(S(=O)(=O)N2CCN(C(=O)NCCc3ccc(F)cc3)CC2)cc1. The van der Waals surface area contributed by atoms with Crippen molar-refractivity contribution in [3.8, 4) is 0 Å². The molecule has 1 fully saturated rings. The van der Waals surface area contributed by atoms with E-state index in [1.807, 2.05) is 6.92 Å². The first-order chi connectivity index (χ1) is 13.4. The third-order valence-electron chi connectivity index (χ3n) is 4.79. The molecule has 1 heterocycles. The lowest BCUT2D eigenvalue weighted by atomic mass is 10.1. The predicted octanol–water partition coefficient (Wildman–Crippen LogP) is 2.39. The van der Waals surface area contributed by atoms with Crippen LogP contribution >= 0.6 is 0 Å². The van der Waals surface area contributed by atoms with E-state index < -0.39 is 10.0 Å². The van der Waals surface area contributed by atoms with Crippen LogP contribution in [0.2, 0.25) is 0 Å². The number of carbonyl (C=O) groups excluding carboxylic acids is 1. The van der Waals surface area contributed by atoms with Crippen molar-refractivity contribution in [2.45, 2.75) is 18.2 Å². The summed E-state index contributed by atoms with van der Waals surface area (Å²) in [4.78, 5) is 14.2. The van der Waals surface area contributed by atoms with Crippen molar-refractivity contribution in [1.82, 2.24) is 14.5 Å². The minimum atomic E-state index is -3.54. The van der Waals surface area contributed by atoms with E-state index in [1.165, 1.54) is 16.4 Å². The molecular weight excluding hydrogens is 381 g/mol. The molecule has 0 atom stereocenters. The summed E-state index contributed by atoms with van der Waals surface area (Å²) in [5, 5.41) is 2.83. The Hall–Kier alpha value is -2.45. The Morgan fingerprint density at radius 2 is 1.61 bits per heavy atom. The molecule has 0 spiro atoms. The summed E-state index contributed by atoms with van der Waals surface area (Å²) in [5.74, 6) is -0.286. The van der Waals surface area contributed by atoms with Gasteiger partial charge in [-0.15, -0.1) is 0 Å². The summed E-state index contributed by atoms with van der Waals surface area (Å²) in [6.45, 7) is 3.56. The molecule has 6 nitrogen and oxygen atoms in total. The molecule has 1 aliphatic heterocycles. The molecule has 0 bridgehead atoms. The Balaban J connectivity index is 1.48. The van der Waals surface area contributed by atoms with Crippen LogP contribution in [-0.4, -0.2) is 56.4 Å². The van der Waals surface area contributed by atoms with Crippen LogP contribution in [0.3, 0.4) is 0 Å². The fourth-order valence-corrected chi connectivity index (χ4v) is 4.49. The first-order valence-electron chi connectivity index (χ1n) is 9.20. The van der Waals surface area contributed by atoms with Gasteiger partial charge in [-0.1, -0.05) is 29.8 Å². The molecule has 0 unspecified atom stereocenters. The highest BCUT2D eigenvalue weighted by Gasteiger charge is 2.29. The lowest BCUT2D eigenvalue weighted by Crippen LogP contribution is -2.53. The fourth-order valence-electron chi connectivity index (χ4n) is 3.07. The number of rotatable bonds is 5. The van der Waals surface area contributed by atoms with E-state index in [0.717, 1.165) is 11.1 Å². The number of carbonyl (C=O) groups is 1. The highest BCUT2D eigenvalue weighted by molar-refractivity contribution is 7.89. The largest absolute Gasteiger partial charge is 0.338 e. The second-order valence-corrected chi connectivity index (χ2v) is 8.75. The van der Waals surface area contributed by atoms with Gasteiger partial charge in [0.25, 0.3) is 0 Å². The van der Waals surface area contributed by atoms with Gasteiger partial charge in [0.2, 0.25) is 10.0 Å². The van der Waals surface area contributed by atoms with Crippen LogP contribution < -0.4 is 5.32 Å². The van der Waals surface area contributed by atoms with Gasteiger partial charge >= 0.3 is 6.03 Å². The summed E-state index contributed by atoms with van der Waals surface area (Å²) >= 11 is 0. The van der Waals surface area contributed by atoms with Crippen LogP contribution in [0.1, 0.15) is 11.1 Å². The number of sulfonamides is 1. The normalized spacial score (nSPS) is 15.4. The molecule has 2 amide bonds. The summed E-state index contributed by atoms with van der Waals surface area (Å²) in [7, 11) is -3.54. The topological polar surface area (TPSA) is 69.7 Å². The van der Waals surface area contributed by atoms with Crippen molar-refractivity contribution < 1.29 is 17.6 Å². The maximum atomic E-state index is 12.9. The monoisotopic (exact) mass is 405 g/mol. The molecule has 1 saturated heterocycles. The van der Waals surface area contributed by atoms with Crippen molar-refractivity contribution in [2.75, 3.05) is 32.7 Å². The molecule has 2 aromatic rings. The summed E-state index contributed by atoms with van der Waals surface area (Å²) in [5.41, 5.74) is 1.94. The minimum absolute atomic E-state index is 0.213. The number of hydrogen-bond donors (Lipinski definition) is 1. The molecule has 0 aromatic heterocycles. The molecule has 28 heavy (non-hydrogen) atoms. The summed E-state index contributed by atoms with van der Waals surface area (Å²) in [6.07, 6.45) is 0.605. The van der Waals surface area contributed by atoms with E-state index in [-0.39, 0.29) is 29.8 Å². The van der Waals surface area contributed by atoms with Crippen LogP contribution in [0.15, 0.2) is 53.4 Å². The number of halogens is 1. The Morgan fingerprint density at radius 1 is 1.00 bits per heavy atom. The molecule has 1 aliphatic rings. The van der Waals surface area contributed by atoms with Crippen LogP contribution in [0.25, 0.3) is 0 Å². The molecule has 1 N–H and O–H groups in total. The molecule has 0 radical (unpaired) electrons. The maximum absolute atomic E-state index is 12.9. The maximum Gasteiger partial charge on any atom is 0.317 e. The van der Waals surface area contributed by atoms with Crippen LogP contribution in [0.5, 0.6) is 0 Å². The number of aryl methyl sites for hydroxylation is 1. The molecule has 0 aliphatic carbocycles. The van der Waals surface area contributed by atoms with Crippen LogP contribution in [-0.2, 0) is 16.4 Å². The minimum Gasteiger partial charge on any atom is -0.338 e. The second-order valence-electron chi connectivity index (χ2n) is 6.81. The van der Waals surface area contributed by atoms with E-state index in [4.69, 9.17) is 0 Å². The first kappa shape index (κ1) is 20.3. The van der Waals surface area contributed by atoms with Crippen molar-refractivity contribution in [1.29, 1.82) is 0 Å². The van der Waals surface area contributed by atoms with Gasteiger partial charge < -0.3 is 10.2 Å². The smallest absolute Gasteiger partial charge is 0.317 e. The lowest BCUT2D eigenvalue weighted by molar-refractivity contribution is 0.172. The summed E-state index contributed by atoms with van der Waals surface area (Å²) < 4.78 is 39.7. The highest BCUT2D eigenvalue weighted by Crippen LogP contribution is 2.18. The lowest BCUT2D eigenvalue weighted by Gasteiger charge is -2.34. The van der Waals surface area contributed by atoms with Gasteiger partial charge in [-0.3, -0.25) is 0 Å². The standard InChI is InChI=1S/C20H24FN3O3S/c1-16-2-8-19(9-3-16)28(26,27)24-14-12-23(13-15-24)20(25)22-11-10-17-4-6-18(21)7-5-17/h2-9H,10-15H2,1H3,(H,22,25). The Morgan fingerprint density at radius 3 is 2.21 bits per heavy atom. The quantitative estimate of drug-likeness (QED) is 0.831. The van der Waals surface area contributed by atoms with Gasteiger partial charge in [0.15, 0.2) is 0 Å². The second kappa shape index (κ2) is 8.70. The van der Waals surface area contributed by atoms with Gasteiger partial charge in [-0.25, -0.2) is 17.6 Å². The fraction of sp³-hybridized carbons (Fsp3) is 0.350. The average molecular weight is 405 g/mol. The Labute approximate surface area is 165 Å². The van der Waals surface area contributed by atoms with Gasteiger partial charge in [-0.2, -0.15) is 4.31 Å². The van der Waals surface area contributed by atoms with E-state index in [2.05, 4.69) is 5.32 Å². The zero-order valence-corrected chi connectivity index (χ0v) is 16.6. The summed E-state index contributed by atoms with van der Waals surface area (Å²) in [6, 6.07) is 12.7. The van der Waals surface area contributed by atoms with E-state index in [1.54, 1.807) is 41.3 Å². The highest BCUT2D eigenvalue weighted by atomic mass is 32.2. The Bertz CT molecular complexity index is 907. The van der Waals surface area contributed by atoms with E-state index >= 15 is 0 Å². The first-order valence-corrected chi connectivity index (χ1v) is 10.6. The van der Waals surface area contributed by atoms with Gasteiger partial charge in [0.05, 0.1) is 4.90 Å². The number of piperazine rings is 1. The average Bonchev–Trinajstić information content (AvgIpc) is 2.70. The molecule has 0 saturated carbocycles. The van der Waals surface area contributed by atoms with Crippen molar-refractivity contribution >= 4 is 16.1 Å². The molecule has 150 valence electrons. The molecule has 3 rings (SSSR count). The molecular formula is C20H24FN3O3S. The number of benzene rings is 2. The van der Waals surface area contributed by atoms with Crippen molar-refractivity contribution in [3.05, 3.63) is 65.5 Å². The number of nitrogens with one attached hydrogen (secondary N) is 1. The van der Waals surface area contributed by atoms with Crippen molar-refractivity contribution in [2.24, 2.45) is 0 Å². The zero-order valence-electron chi connectivity index (χ0n) is 15.8. The number of amides is 2. The number of hydrogen-bond acceptors (Lipinski definition) is 3. The number of nitrogens with zero attached hydrogens (tertiary/aromatic N) is 2. The zero-order chi connectivity index (χ0) is 20.1. The number of urea groups is 1. The van der Waals surface area contributed by atoms with E-state index in [9.17, 15) is 17.6 Å². The molecule has 2 aromatic carbocycles. The van der Waals surface area contributed by atoms with Crippen molar-refractivity contribution in [3.63, 3.8) is 0 Å². The predicted molar refractivity (Wildman–Crippen MR) is 105 cm³/mol. The van der Waals surface area contributed by atoms with Gasteiger partial charge in [-0.05, 0) is 43.2 Å². The molecule has 8 heteroatoms. The van der Waals surface area contributed by atoms with Crippen LogP contribution in [0, 0.1) is 12.7 Å². The van der Waals surface area contributed by atoms with Gasteiger partial charge in [0, 0.05) is 32.7 Å².